The minimum Gasteiger partial charge on any atom is -0.352 e. The van der Waals surface area contributed by atoms with E-state index in [0.717, 1.165) is 23.9 Å². The molecular weight excluding hydrogens is 423 g/mol. The molecule has 2 heterocycles. The summed E-state index contributed by atoms with van der Waals surface area (Å²) in [6.45, 7) is 2.82. The van der Waals surface area contributed by atoms with Gasteiger partial charge in [-0.2, -0.15) is 0 Å². The molecule has 0 unspecified atom stereocenters. The van der Waals surface area contributed by atoms with Gasteiger partial charge >= 0.3 is 0 Å². The van der Waals surface area contributed by atoms with Crippen molar-refractivity contribution in [1.29, 1.82) is 0 Å². The van der Waals surface area contributed by atoms with E-state index in [0.29, 0.717) is 34.5 Å². The summed E-state index contributed by atoms with van der Waals surface area (Å²) < 4.78 is 1.89. The Morgan fingerprint density at radius 1 is 1.17 bits per heavy atom. The first-order valence-corrected chi connectivity index (χ1v) is 10.6. The van der Waals surface area contributed by atoms with E-state index in [9.17, 15) is 9.59 Å². The van der Waals surface area contributed by atoms with Crippen LogP contribution in [0.3, 0.4) is 0 Å². The lowest BCUT2D eigenvalue weighted by atomic mass is 10.1. The topological polar surface area (TPSA) is 67.2 Å². The summed E-state index contributed by atoms with van der Waals surface area (Å²) in [5.74, 6) is 0.507. The van der Waals surface area contributed by atoms with Crippen LogP contribution in [-0.4, -0.2) is 45.4 Å². The van der Waals surface area contributed by atoms with Gasteiger partial charge in [-0.05, 0) is 37.1 Å². The van der Waals surface area contributed by atoms with Gasteiger partial charge in [0.1, 0.15) is 12.4 Å². The zero-order valence-electron chi connectivity index (χ0n) is 16.6. The quantitative estimate of drug-likeness (QED) is 0.657. The fourth-order valence-electron chi connectivity index (χ4n) is 3.96. The second kappa shape index (κ2) is 8.66. The first-order chi connectivity index (χ1) is 14.4. The highest BCUT2D eigenvalue weighted by Crippen LogP contribution is 2.34. The van der Waals surface area contributed by atoms with Gasteiger partial charge in [-0.15, -0.1) is 0 Å². The number of amides is 2. The van der Waals surface area contributed by atoms with Gasteiger partial charge in [0.2, 0.25) is 11.8 Å². The molecule has 0 spiro atoms. The number of nitrogens with zero attached hydrogens (tertiary/aromatic N) is 3. The van der Waals surface area contributed by atoms with E-state index in [-0.39, 0.29) is 24.4 Å². The number of imidazole rings is 1. The van der Waals surface area contributed by atoms with Crippen LogP contribution in [0, 0.1) is 0 Å². The predicted molar refractivity (Wildman–Crippen MR) is 119 cm³/mol. The van der Waals surface area contributed by atoms with E-state index in [1.165, 1.54) is 6.92 Å². The Hall–Kier alpha value is -2.57. The molecule has 156 valence electrons. The number of carbonyl (C=O) groups excluding carboxylic acids is 2. The number of fused-ring (bicyclic) bond motifs is 1. The third-order valence-corrected chi connectivity index (χ3v) is 6.14. The van der Waals surface area contributed by atoms with Crippen LogP contribution in [0.5, 0.6) is 0 Å². The molecule has 2 amide bonds. The van der Waals surface area contributed by atoms with E-state index in [2.05, 4.69) is 5.32 Å². The lowest BCUT2D eigenvalue weighted by molar-refractivity contribution is -0.134. The molecular formula is C22H22Cl2N4O2. The molecule has 2 aromatic carbocycles. The molecule has 1 aromatic heterocycles. The van der Waals surface area contributed by atoms with Gasteiger partial charge in [-0.1, -0.05) is 41.4 Å². The fourth-order valence-corrected chi connectivity index (χ4v) is 4.35. The molecule has 1 aliphatic heterocycles. The highest BCUT2D eigenvalue weighted by molar-refractivity contribution is 6.43. The first kappa shape index (κ1) is 20.7. The van der Waals surface area contributed by atoms with Gasteiger partial charge in [-0.25, -0.2) is 4.98 Å². The van der Waals surface area contributed by atoms with Crippen LogP contribution in [0.2, 0.25) is 10.0 Å². The van der Waals surface area contributed by atoms with Crippen molar-refractivity contribution in [1.82, 2.24) is 19.8 Å². The van der Waals surface area contributed by atoms with Crippen molar-refractivity contribution < 1.29 is 9.59 Å². The Bertz CT molecular complexity index is 1110. The summed E-state index contributed by atoms with van der Waals surface area (Å²) in [6, 6.07) is 13.1. The standard InChI is InChI=1S/C22H22Cl2N4O2/c1-14(29)25-15-6-5-11-27(12-15)20(30)13-28-19-10-3-2-9-18(19)26-22(28)16-7-4-8-17(23)21(16)24/h2-4,7-10,15H,5-6,11-13H2,1H3,(H,25,29)/t15-/m0/s1. The number of piperidine rings is 1. The van der Waals surface area contributed by atoms with Crippen molar-refractivity contribution in [3.05, 3.63) is 52.5 Å². The summed E-state index contributed by atoms with van der Waals surface area (Å²) >= 11 is 12.7. The molecule has 4 rings (SSSR count). The maximum absolute atomic E-state index is 13.2. The molecule has 30 heavy (non-hydrogen) atoms. The Kier molecular flexibility index (Phi) is 5.97. The molecule has 0 bridgehead atoms. The van der Waals surface area contributed by atoms with Crippen LogP contribution in [0.15, 0.2) is 42.5 Å². The average molecular weight is 445 g/mol. The number of benzene rings is 2. The lowest BCUT2D eigenvalue weighted by Gasteiger charge is -2.33. The summed E-state index contributed by atoms with van der Waals surface area (Å²) in [7, 11) is 0. The molecule has 1 atom stereocenters. The number of hydrogen-bond donors (Lipinski definition) is 1. The molecule has 1 fully saturated rings. The van der Waals surface area contributed by atoms with Crippen LogP contribution in [-0.2, 0) is 16.1 Å². The monoisotopic (exact) mass is 444 g/mol. The Morgan fingerprint density at radius 2 is 1.97 bits per heavy atom. The second-order valence-electron chi connectivity index (χ2n) is 7.49. The Morgan fingerprint density at radius 3 is 2.77 bits per heavy atom. The highest BCUT2D eigenvalue weighted by atomic mass is 35.5. The molecule has 6 nitrogen and oxygen atoms in total. The molecule has 1 aliphatic rings. The van der Waals surface area contributed by atoms with Crippen molar-refractivity contribution in [3.8, 4) is 11.4 Å². The summed E-state index contributed by atoms with van der Waals surface area (Å²) in [6.07, 6.45) is 1.73. The van der Waals surface area contributed by atoms with E-state index >= 15 is 0 Å². The molecule has 0 aliphatic carbocycles. The largest absolute Gasteiger partial charge is 0.352 e. The molecule has 0 saturated carbocycles. The van der Waals surface area contributed by atoms with E-state index in [4.69, 9.17) is 28.2 Å². The minimum atomic E-state index is -0.0761. The van der Waals surface area contributed by atoms with Crippen LogP contribution < -0.4 is 5.32 Å². The van der Waals surface area contributed by atoms with Gasteiger partial charge in [0.05, 0.1) is 21.1 Å². The van der Waals surface area contributed by atoms with Gasteiger partial charge in [0, 0.05) is 31.6 Å². The molecule has 8 heteroatoms. The molecule has 3 aromatic rings. The number of rotatable bonds is 4. The summed E-state index contributed by atoms with van der Waals surface area (Å²) in [5.41, 5.74) is 2.32. The van der Waals surface area contributed by atoms with Crippen molar-refractivity contribution in [2.45, 2.75) is 32.4 Å². The van der Waals surface area contributed by atoms with E-state index < -0.39 is 0 Å². The maximum Gasteiger partial charge on any atom is 0.242 e. The average Bonchev–Trinajstić information content (AvgIpc) is 3.08. The highest BCUT2D eigenvalue weighted by Gasteiger charge is 2.26. The zero-order chi connectivity index (χ0) is 21.3. The fraction of sp³-hybridized carbons (Fsp3) is 0.318. The number of aromatic nitrogens is 2. The lowest BCUT2D eigenvalue weighted by Crippen LogP contribution is -2.49. The number of halogens is 2. The molecule has 1 N–H and O–H groups in total. The van der Waals surface area contributed by atoms with Crippen LogP contribution in [0.1, 0.15) is 19.8 Å². The number of carbonyl (C=O) groups is 2. The zero-order valence-corrected chi connectivity index (χ0v) is 18.1. The van der Waals surface area contributed by atoms with E-state index in [1.54, 1.807) is 6.07 Å². The van der Waals surface area contributed by atoms with Crippen LogP contribution >= 0.6 is 23.2 Å². The van der Waals surface area contributed by atoms with Gasteiger partial charge in [0.25, 0.3) is 0 Å². The van der Waals surface area contributed by atoms with Gasteiger partial charge in [0.15, 0.2) is 0 Å². The molecule has 0 radical (unpaired) electrons. The Balaban J connectivity index is 1.67. The number of nitrogens with one attached hydrogen (secondary N) is 1. The van der Waals surface area contributed by atoms with Crippen LogP contribution in [0.25, 0.3) is 22.4 Å². The number of para-hydroxylation sites is 2. The van der Waals surface area contributed by atoms with Crippen molar-refractivity contribution in [3.63, 3.8) is 0 Å². The van der Waals surface area contributed by atoms with Crippen molar-refractivity contribution in [2.24, 2.45) is 0 Å². The van der Waals surface area contributed by atoms with Crippen LogP contribution in [0.4, 0.5) is 0 Å². The van der Waals surface area contributed by atoms with E-state index in [1.807, 2.05) is 45.9 Å². The Labute approximate surface area is 184 Å². The summed E-state index contributed by atoms with van der Waals surface area (Å²) in [4.78, 5) is 31.1. The maximum atomic E-state index is 13.2. The first-order valence-electron chi connectivity index (χ1n) is 9.88. The van der Waals surface area contributed by atoms with Gasteiger partial charge < -0.3 is 14.8 Å². The normalized spacial score (nSPS) is 16.6. The van der Waals surface area contributed by atoms with Crippen molar-refractivity contribution >= 4 is 46.0 Å². The van der Waals surface area contributed by atoms with Gasteiger partial charge in [-0.3, -0.25) is 9.59 Å². The predicted octanol–water partition coefficient (Wildman–Crippen LogP) is 4.14. The minimum absolute atomic E-state index is 0.0124. The summed E-state index contributed by atoms with van der Waals surface area (Å²) in [5, 5.41) is 3.77. The SMILES string of the molecule is CC(=O)N[C@H]1CCCN(C(=O)Cn2c(-c3cccc(Cl)c3Cl)nc3ccccc32)C1. The molecule has 1 saturated heterocycles. The smallest absolute Gasteiger partial charge is 0.242 e. The third kappa shape index (κ3) is 4.16. The van der Waals surface area contributed by atoms with Crippen molar-refractivity contribution in [2.75, 3.05) is 13.1 Å². The number of likely N-dealkylation sites (tertiary alicyclic amines) is 1. The number of hydrogen-bond acceptors (Lipinski definition) is 3. The third-order valence-electron chi connectivity index (χ3n) is 5.32. The second-order valence-corrected chi connectivity index (χ2v) is 8.28.